The number of amides is 2. The lowest BCUT2D eigenvalue weighted by Crippen LogP contribution is -2.56. The Morgan fingerprint density at radius 2 is 1.74 bits per heavy atom. The molecular formula is C30H28FN5O2. The molecule has 2 amide bonds. The molecule has 0 radical (unpaired) electrons. The summed E-state index contributed by atoms with van der Waals surface area (Å²) in [6.07, 6.45) is 5.00. The molecule has 5 atom stereocenters. The van der Waals surface area contributed by atoms with Gasteiger partial charge in [0.05, 0.1) is 16.4 Å². The van der Waals surface area contributed by atoms with E-state index in [2.05, 4.69) is 25.6 Å². The van der Waals surface area contributed by atoms with E-state index in [4.69, 9.17) is 0 Å². The smallest absolute Gasteiger partial charge is 0.256 e. The lowest BCUT2D eigenvalue weighted by Gasteiger charge is -2.57. The number of nitrogens with zero attached hydrogens (tertiary/aromatic N) is 2. The van der Waals surface area contributed by atoms with Gasteiger partial charge in [0.25, 0.3) is 5.91 Å². The van der Waals surface area contributed by atoms with Crippen LogP contribution in [0.3, 0.4) is 0 Å². The number of pyridine rings is 1. The zero-order valence-electron chi connectivity index (χ0n) is 20.8. The second-order valence-electron chi connectivity index (χ2n) is 11.2. The maximum atomic E-state index is 14.6. The van der Waals surface area contributed by atoms with Gasteiger partial charge in [-0.1, -0.05) is 6.07 Å². The van der Waals surface area contributed by atoms with E-state index in [-0.39, 0.29) is 23.7 Å². The predicted octanol–water partition coefficient (Wildman–Crippen LogP) is 5.98. The van der Waals surface area contributed by atoms with Gasteiger partial charge in [-0.3, -0.25) is 9.59 Å². The van der Waals surface area contributed by atoms with Crippen LogP contribution < -0.4 is 10.6 Å². The number of hydrogen-bond acceptors (Lipinski definition) is 4. The summed E-state index contributed by atoms with van der Waals surface area (Å²) in [5.41, 5.74) is 3.18. The summed E-state index contributed by atoms with van der Waals surface area (Å²) < 4.78 is 14.6. The molecule has 4 fully saturated rings. The summed E-state index contributed by atoms with van der Waals surface area (Å²) in [6, 6.07) is 18.2. The third-order valence-electron chi connectivity index (χ3n) is 8.71. The van der Waals surface area contributed by atoms with Crippen molar-refractivity contribution in [2.24, 2.45) is 23.2 Å². The number of halogens is 1. The highest BCUT2D eigenvalue weighted by Gasteiger charge is 2.58. The Bertz CT molecular complexity index is 1520. The number of aromatic amines is 1. The van der Waals surface area contributed by atoms with E-state index in [0.717, 1.165) is 41.5 Å². The number of rotatable bonds is 5. The van der Waals surface area contributed by atoms with Crippen molar-refractivity contribution in [3.63, 3.8) is 0 Å². The molecule has 4 aliphatic rings. The second-order valence-corrected chi connectivity index (χ2v) is 11.2. The van der Waals surface area contributed by atoms with Crippen molar-refractivity contribution < 1.29 is 14.0 Å². The molecule has 192 valence electrons. The van der Waals surface area contributed by atoms with E-state index in [0.29, 0.717) is 36.0 Å². The highest BCUT2D eigenvalue weighted by molar-refractivity contribution is 6.05. The SMILES string of the molecule is O=C(Nc1ccccn1)c1ccc2nc(-c3ccc(NC(=O)C45CC6C[C@H](C4)C(F)[C@@H](C6)C5)cc3)[nH]c2c1. The largest absolute Gasteiger partial charge is 0.338 e. The fraction of sp³-hybridized carbons (Fsp3) is 0.333. The normalized spacial score (nSPS) is 27.4. The lowest BCUT2D eigenvalue weighted by atomic mass is 9.48. The number of alkyl halides is 1. The summed E-state index contributed by atoms with van der Waals surface area (Å²) in [7, 11) is 0. The molecule has 0 saturated heterocycles. The predicted molar refractivity (Wildman–Crippen MR) is 143 cm³/mol. The van der Waals surface area contributed by atoms with Gasteiger partial charge in [-0.05, 0) is 104 Å². The first-order chi connectivity index (χ1) is 18.5. The van der Waals surface area contributed by atoms with Gasteiger partial charge in [-0.2, -0.15) is 0 Å². The molecule has 3 unspecified atom stereocenters. The Labute approximate surface area is 219 Å². The molecule has 0 spiro atoms. The summed E-state index contributed by atoms with van der Waals surface area (Å²) in [6.45, 7) is 0. The molecule has 8 heteroatoms. The number of H-pyrrole nitrogens is 1. The number of fused-ring (bicyclic) bond motifs is 1. The molecule has 4 aromatic rings. The average Bonchev–Trinajstić information content (AvgIpc) is 3.36. The Hall–Kier alpha value is -4.07. The molecule has 4 saturated carbocycles. The van der Waals surface area contributed by atoms with Crippen molar-refractivity contribution in [1.29, 1.82) is 0 Å². The second kappa shape index (κ2) is 8.75. The molecule has 2 aromatic carbocycles. The molecule has 4 aliphatic carbocycles. The van der Waals surface area contributed by atoms with Crippen LogP contribution >= 0.6 is 0 Å². The van der Waals surface area contributed by atoms with Crippen LogP contribution in [0.1, 0.15) is 42.5 Å². The molecule has 8 rings (SSSR count). The number of benzene rings is 2. The zero-order valence-corrected chi connectivity index (χ0v) is 20.8. The van der Waals surface area contributed by atoms with E-state index in [1.807, 2.05) is 36.4 Å². The molecule has 38 heavy (non-hydrogen) atoms. The first-order valence-corrected chi connectivity index (χ1v) is 13.2. The Morgan fingerprint density at radius 1 is 0.947 bits per heavy atom. The molecular weight excluding hydrogens is 481 g/mol. The van der Waals surface area contributed by atoms with E-state index in [9.17, 15) is 14.0 Å². The third-order valence-corrected chi connectivity index (χ3v) is 8.71. The number of carbonyl (C=O) groups excluding carboxylic acids is 2. The van der Waals surface area contributed by atoms with Crippen LogP contribution in [0.4, 0.5) is 15.9 Å². The van der Waals surface area contributed by atoms with Gasteiger partial charge in [-0.25, -0.2) is 14.4 Å². The molecule has 7 nitrogen and oxygen atoms in total. The van der Waals surface area contributed by atoms with E-state index in [1.165, 1.54) is 0 Å². The quantitative estimate of drug-likeness (QED) is 0.308. The monoisotopic (exact) mass is 509 g/mol. The fourth-order valence-corrected chi connectivity index (χ4v) is 7.13. The van der Waals surface area contributed by atoms with Crippen molar-refractivity contribution in [3.8, 4) is 11.4 Å². The van der Waals surface area contributed by atoms with Crippen LogP contribution in [0.5, 0.6) is 0 Å². The Balaban J connectivity index is 1.06. The topological polar surface area (TPSA) is 99.8 Å². The van der Waals surface area contributed by atoms with Crippen molar-refractivity contribution in [1.82, 2.24) is 15.0 Å². The van der Waals surface area contributed by atoms with Gasteiger partial charge in [-0.15, -0.1) is 0 Å². The van der Waals surface area contributed by atoms with Gasteiger partial charge in [0.15, 0.2) is 0 Å². The summed E-state index contributed by atoms with van der Waals surface area (Å²) in [5, 5.41) is 5.91. The van der Waals surface area contributed by atoms with Crippen LogP contribution in [0.15, 0.2) is 66.9 Å². The highest BCUT2D eigenvalue weighted by atomic mass is 19.1. The standard InChI is InChI=1S/C30H28FN5O2/c31-26-20-11-17-12-21(26)16-30(14-17,15-20)29(38)33-22-7-4-18(5-8-22)27-34-23-9-6-19(13-24(23)35-27)28(37)36-25-3-1-2-10-32-25/h1-10,13,17,20-21,26H,11-12,14-16H2,(H,33,38)(H,34,35)(H,32,36,37)/t17?,20-,21+,26?,30?. The minimum absolute atomic E-state index is 0.0387. The Kier molecular flexibility index (Phi) is 5.32. The van der Waals surface area contributed by atoms with Crippen molar-refractivity contribution in [2.45, 2.75) is 38.3 Å². The molecule has 4 bridgehead atoms. The number of anilines is 2. The maximum Gasteiger partial charge on any atom is 0.256 e. The maximum absolute atomic E-state index is 14.6. The average molecular weight is 510 g/mol. The summed E-state index contributed by atoms with van der Waals surface area (Å²) in [4.78, 5) is 38.1. The van der Waals surface area contributed by atoms with Gasteiger partial charge in [0.1, 0.15) is 17.8 Å². The molecule has 2 heterocycles. The van der Waals surface area contributed by atoms with Crippen molar-refractivity contribution in [2.75, 3.05) is 10.6 Å². The van der Waals surface area contributed by atoms with Crippen molar-refractivity contribution >= 4 is 34.4 Å². The molecule has 3 N–H and O–H groups in total. The zero-order chi connectivity index (χ0) is 25.9. The highest BCUT2D eigenvalue weighted by Crippen LogP contribution is 2.61. The van der Waals surface area contributed by atoms with Crippen molar-refractivity contribution in [3.05, 3.63) is 72.4 Å². The number of aromatic nitrogens is 3. The van der Waals surface area contributed by atoms with Crippen LogP contribution in [-0.2, 0) is 4.79 Å². The fourth-order valence-electron chi connectivity index (χ4n) is 7.13. The summed E-state index contributed by atoms with van der Waals surface area (Å²) in [5.74, 6) is 1.54. The van der Waals surface area contributed by atoms with Crippen LogP contribution in [0.2, 0.25) is 0 Å². The third kappa shape index (κ3) is 3.95. The van der Waals surface area contributed by atoms with Gasteiger partial charge in [0.2, 0.25) is 5.91 Å². The van der Waals surface area contributed by atoms with E-state index in [1.54, 1.807) is 30.5 Å². The number of carbonyl (C=O) groups is 2. The van der Waals surface area contributed by atoms with Crippen LogP contribution in [0.25, 0.3) is 22.4 Å². The summed E-state index contributed by atoms with van der Waals surface area (Å²) >= 11 is 0. The van der Waals surface area contributed by atoms with Crippen LogP contribution in [-0.4, -0.2) is 32.9 Å². The molecule has 2 aromatic heterocycles. The first kappa shape index (κ1) is 23.1. The van der Waals surface area contributed by atoms with Crippen LogP contribution in [0, 0.1) is 23.2 Å². The van der Waals surface area contributed by atoms with Gasteiger partial charge >= 0.3 is 0 Å². The van der Waals surface area contributed by atoms with Gasteiger partial charge < -0.3 is 15.6 Å². The minimum Gasteiger partial charge on any atom is -0.338 e. The first-order valence-electron chi connectivity index (χ1n) is 13.2. The molecule has 0 aliphatic heterocycles. The number of nitrogens with one attached hydrogen (secondary N) is 3. The van der Waals surface area contributed by atoms with E-state index >= 15 is 0 Å². The number of hydrogen-bond donors (Lipinski definition) is 3. The lowest BCUT2D eigenvalue weighted by molar-refractivity contribution is -0.149. The minimum atomic E-state index is -0.734. The Morgan fingerprint density at radius 3 is 2.47 bits per heavy atom. The number of imidazole rings is 1. The van der Waals surface area contributed by atoms with Gasteiger partial charge in [0, 0.05) is 23.0 Å². The van der Waals surface area contributed by atoms with E-state index < -0.39 is 11.6 Å².